The lowest BCUT2D eigenvalue weighted by atomic mass is 10.1. The summed E-state index contributed by atoms with van der Waals surface area (Å²) in [7, 11) is 1.38. The van der Waals surface area contributed by atoms with E-state index < -0.39 is 0 Å². The lowest BCUT2D eigenvalue weighted by molar-refractivity contribution is -0.134. The minimum atomic E-state index is -0.304. The predicted molar refractivity (Wildman–Crippen MR) is 62.2 cm³/mol. The fraction of sp³-hybridized carbons (Fsp3) is 0.615. The molecule has 0 saturated carbocycles. The first-order chi connectivity index (χ1) is 7.20. The lowest BCUT2D eigenvalue weighted by Crippen LogP contribution is -1.94. The van der Waals surface area contributed by atoms with Gasteiger partial charge in [-0.3, -0.25) is 0 Å². The van der Waals surface area contributed by atoms with Gasteiger partial charge < -0.3 is 4.74 Å². The van der Waals surface area contributed by atoms with E-state index >= 15 is 0 Å². The Morgan fingerprint density at radius 1 is 1.53 bits per heavy atom. The van der Waals surface area contributed by atoms with E-state index in [0.29, 0.717) is 5.92 Å². The monoisotopic (exact) mass is 208 g/mol. The highest BCUT2D eigenvalue weighted by Gasteiger charge is 1.94. The van der Waals surface area contributed by atoms with Crippen molar-refractivity contribution in [3.8, 4) is 11.8 Å². The van der Waals surface area contributed by atoms with E-state index in [9.17, 15) is 4.79 Å². The van der Waals surface area contributed by atoms with Crippen LogP contribution in [0.15, 0.2) is 12.2 Å². The maximum Gasteiger partial charge on any atom is 0.330 e. The Balaban J connectivity index is 3.72. The van der Waals surface area contributed by atoms with Gasteiger partial charge in [-0.2, -0.15) is 0 Å². The second-order valence-electron chi connectivity index (χ2n) is 3.49. The van der Waals surface area contributed by atoms with Crippen LogP contribution in [0.2, 0.25) is 0 Å². The Bertz CT molecular complexity index is 255. The summed E-state index contributed by atoms with van der Waals surface area (Å²) in [5.74, 6) is 6.30. The van der Waals surface area contributed by atoms with Gasteiger partial charge in [-0.1, -0.05) is 32.3 Å². The molecule has 0 aromatic heterocycles. The van der Waals surface area contributed by atoms with Gasteiger partial charge in [-0.05, 0) is 12.8 Å². The summed E-state index contributed by atoms with van der Waals surface area (Å²) >= 11 is 0. The topological polar surface area (TPSA) is 26.3 Å². The van der Waals surface area contributed by atoms with E-state index in [1.807, 2.05) is 6.08 Å². The van der Waals surface area contributed by atoms with Crippen LogP contribution < -0.4 is 0 Å². The van der Waals surface area contributed by atoms with Crippen molar-refractivity contribution in [2.24, 2.45) is 5.92 Å². The smallest absolute Gasteiger partial charge is 0.330 e. The third-order valence-electron chi connectivity index (χ3n) is 1.95. The SMILES string of the molecule is CCCCC#CC(C)C/C=C/C(=O)OC. The van der Waals surface area contributed by atoms with Gasteiger partial charge in [0, 0.05) is 18.4 Å². The number of hydrogen-bond acceptors (Lipinski definition) is 2. The molecule has 0 aromatic rings. The molecule has 84 valence electrons. The van der Waals surface area contributed by atoms with Gasteiger partial charge in [0.25, 0.3) is 0 Å². The minimum absolute atomic E-state index is 0.304. The second-order valence-corrected chi connectivity index (χ2v) is 3.49. The number of carbonyl (C=O) groups excluding carboxylic acids is 1. The zero-order valence-electron chi connectivity index (χ0n) is 9.88. The molecule has 2 heteroatoms. The maximum absolute atomic E-state index is 10.7. The molecule has 1 unspecified atom stereocenters. The Morgan fingerprint density at radius 2 is 2.27 bits per heavy atom. The van der Waals surface area contributed by atoms with Crippen molar-refractivity contribution in [1.29, 1.82) is 0 Å². The van der Waals surface area contributed by atoms with Crippen LogP contribution in [0.5, 0.6) is 0 Å². The molecule has 0 rings (SSSR count). The summed E-state index contributed by atoms with van der Waals surface area (Å²) in [6.45, 7) is 4.21. The fourth-order valence-corrected chi connectivity index (χ4v) is 1.01. The molecular weight excluding hydrogens is 188 g/mol. The van der Waals surface area contributed by atoms with E-state index in [1.165, 1.54) is 19.6 Å². The Kier molecular flexibility index (Phi) is 8.56. The van der Waals surface area contributed by atoms with Crippen molar-refractivity contribution in [2.75, 3.05) is 7.11 Å². The van der Waals surface area contributed by atoms with E-state index in [2.05, 4.69) is 30.4 Å². The number of unbranched alkanes of at least 4 members (excludes halogenated alkanes) is 2. The second kappa shape index (κ2) is 9.33. The van der Waals surface area contributed by atoms with Crippen LogP contribution >= 0.6 is 0 Å². The average Bonchev–Trinajstić information content (AvgIpc) is 2.24. The quantitative estimate of drug-likeness (QED) is 0.300. The highest BCUT2D eigenvalue weighted by Crippen LogP contribution is 2.01. The van der Waals surface area contributed by atoms with E-state index in [-0.39, 0.29) is 5.97 Å². The predicted octanol–water partition coefficient (Wildman–Crippen LogP) is 2.94. The van der Waals surface area contributed by atoms with Crippen LogP contribution in [-0.4, -0.2) is 13.1 Å². The van der Waals surface area contributed by atoms with E-state index in [4.69, 9.17) is 0 Å². The molecule has 2 nitrogen and oxygen atoms in total. The molecule has 0 aliphatic carbocycles. The number of esters is 1. The number of ether oxygens (including phenoxy) is 1. The van der Waals surface area contributed by atoms with Crippen LogP contribution in [0, 0.1) is 17.8 Å². The van der Waals surface area contributed by atoms with Crippen LogP contribution in [-0.2, 0) is 9.53 Å². The van der Waals surface area contributed by atoms with Crippen molar-refractivity contribution in [1.82, 2.24) is 0 Å². The lowest BCUT2D eigenvalue weighted by Gasteiger charge is -1.97. The summed E-state index contributed by atoms with van der Waals surface area (Å²) in [6.07, 6.45) is 7.38. The number of methoxy groups -OCH3 is 1. The fourth-order valence-electron chi connectivity index (χ4n) is 1.01. The number of hydrogen-bond donors (Lipinski definition) is 0. The minimum Gasteiger partial charge on any atom is -0.466 e. The van der Waals surface area contributed by atoms with Crippen LogP contribution in [0.3, 0.4) is 0 Å². The molecule has 15 heavy (non-hydrogen) atoms. The summed E-state index contributed by atoms with van der Waals surface area (Å²) in [4.78, 5) is 10.7. The first kappa shape index (κ1) is 13.8. The molecule has 0 bridgehead atoms. The van der Waals surface area contributed by atoms with Crippen LogP contribution in [0.25, 0.3) is 0 Å². The van der Waals surface area contributed by atoms with E-state index in [1.54, 1.807) is 0 Å². The average molecular weight is 208 g/mol. The largest absolute Gasteiger partial charge is 0.466 e. The Hall–Kier alpha value is -1.23. The van der Waals surface area contributed by atoms with Crippen molar-refractivity contribution in [3.05, 3.63) is 12.2 Å². The standard InChI is InChI=1S/C13H20O2/c1-4-5-6-7-9-12(2)10-8-11-13(14)15-3/h8,11-12H,4-6,10H2,1-3H3/b11-8+. The summed E-state index contributed by atoms with van der Waals surface area (Å²) in [5, 5.41) is 0. The van der Waals surface area contributed by atoms with Crippen LogP contribution in [0.1, 0.15) is 39.5 Å². The molecule has 0 aromatic carbocycles. The normalized spacial score (nSPS) is 11.9. The third-order valence-corrected chi connectivity index (χ3v) is 1.95. The van der Waals surface area contributed by atoms with Crippen molar-refractivity contribution < 1.29 is 9.53 Å². The highest BCUT2D eigenvalue weighted by molar-refractivity contribution is 5.81. The summed E-state index contributed by atoms with van der Waals surface area (Å²) < 4.78 is 4.48. The Morgan fingerprint density at radius 3 is 2.87 bits per heavy atom. The number of allylic oxidation sites excluding steroid dienone is 1. The molecule has 0 fully saturated rings. The molecule has 0 amide bonds. The molecule has 0 saturated heterocycles. The summed E-state index contributed by atoms with van der Waals surface area (Å²) in [6, 6.07) is 0. The third kappa shape index (κ3) is 9.08. The molecule has 0 aliphatic heterocycles. The Labute approximate surface area is 92.7 Å². The highest BCUT2D eigenvalue weighted by atomic mass is 16.5. The van der Waals surface area contributed by atoms with Crippen molar-refractivity contribution in [2.45, 2.75) is 39.5 Å². The molecule has 0 radical (unpaired) electrons. The zero-order valence-corrected chi connectivity index (χ0v) is 9.88. The van der Waals surface area contributed by atoms with Gasteiger partial charge in [0.1, 0.15) is 0 Å². The molecule has 0 aliphatic rings. The van der Waals surface area contributed by atoms with Crippen molar-refractivity contribution >= 4 is 5.97 Å². The first-order valence-corrected chi connectivity index (χ1v) is 5.43. The van der Waals surface area contributed by atoms with Gasteiger partial charge in [-0.15, -0.1) is 5.92 Å². The summed E-state index contributed by atoms with van der Waals surface area (Å²) in [5.41, 5.74) is 0. The first-order valence-electron chi connectivity index (χ1n) is 5.43. The molecular formula is C13H20O2. The molecule has 0 heterocycles. The number of rotatable bonds is 5. The molecule has 0 spiro atoms. The van der Waals surface area contributed by atoms with Gasteiger partial charge in [0.15, 0.2) is 0 Å². The number of carbonyl (C=O) groups is 1. The zero-order chi connectivity index (χ0) is 11.5. The molecule has 1 atom stereocenters. The van der Waals surface area contributed by atoms with E-state index in [0.717, 1.165) is 19.3 Å². The van der Waals surface area contributed by atoms with Gasteiger partial charge in [0.2, 0.25) is 0 Å². The van der Waals surface area contributed by atoms with Crippen LogP contribution in [0.4, 0.5) is 0 Å². The van der Waals surface area contributed by atoms with Gasteiger partial charge >= 0.3 is 5.97 Å². The van der Waals surface area contributed by atoms with Gasteiger partial charge in [0.05, 0.1) is 7.11 Å². The van der Waals surface area contributed by atoms with Crippen molar-refractivity contribution in [3.63, 3.8) is 0 Å². The maximum atomic E-state index is 10.7. The van der Waals surface area contributed by atoms with Gasteiger partial charge in [-0.25, -0.2) is 4.79 Å². The molecule has 0 N–H and O–H groups in total.